The van der Waals surface area contributed by atoms with Crippen molar-refractivity contribution in [2.24, 2.45) is 0 Å². The third-order valence-corrected chi connectivity index (χ3v) is 3.20. The minimum atomic E-state index is 0.501. The van der Waals surface area contributed by atoms with E-state index in [1.807, 2.05) is 18.7 Å². The number of nitrogens with one attached hydrogen (secondary N) is 1. The van der Waals surface area contributed by atoms with Crippen LogP contribution in [0.25, 0.3) is 0 Å². The summed E-state index contributed by atoms with van der Waals surface area (Å²) < 4.78 is 0. The first-order valence-electron chi connectivity index (χ1n) is 4.95. The normalized spacial score (nSPS) is 12.5. The Labute approximate surface area is 100 Å². The van der Waals surface area contributed by atoms with Crippen LogP contribution in [0.5, 0.6) is 0 Å². The number of aromatic nitrogens is 2. The fraction of sp³-hybridized carbons (Fsp3) is 0.600. The van der Waals surface area contributed by atoms with Crippen LogP contribution in [0.4, 0.5) is 5.82 Å². The fourth-order valence-corrected chi connectivity index (χ4v) is 1.50. The van der Waals surface area contributed by atoms with E-state index in [1.165, 1.54) is 0 Å². The molecule has 1 aromatic heterocycles. The van der Waals surface area contributed by atoms with Crippen LogP contribution >= 0.6 is 23.4 Å². The van der Waals surface area contributed by atoms with Crippen molar-refractivity contribution in [3.8, 4) is 0 Å². The van der Waals surface area contributed by atoms with Gasteiger partial charge in [-0.05, 0) is 6.26 Å². The standard InChI is InChI=1S/C10H16ClN3S/c1-4-9-13-8(11)5-10(14-9)12-6-7(2)15-3/h5,7H,4,6H2,1-3H3,(H,12,13,14). The Morgan fingerprint density at radius 3 is 2.87 bits per heavy atom. The number of halogens is 1. The molecule has 15 heavy (non-hydrogen) atoms. The summed E-state index contributed by atoms with van der Waals surface area (Å²) in [6, 6.07) is 1.76. The second kappa shape index (κ2) is 6.18. The molecule has 0 aromatic carbocycles. The zero-order valence-corrected chi connectivity index (χ0v) is 10.8. The lowest BCUT2D eigenvalue weighted by molar-refractivity contribution is 0.923. The molecule has 0 saturated heterocycles. The highest BCUT2D eigenvalue weighted by atomic mass is 35.5. The lowest BCUT2D eigenvalue weighted by Gasteiger charge is -2.11. The Hall–Kier alpha value is -0.480. The SMILES string of the molecule is CCc1nc(Cl)cc(NCC(C)SC)n1. The first-order valence-corrected chi connectivity index (χ1v) is 6.62. The molecule has 0 fully saturated rings. The summed E-state index contributed by atoms with van der Waals surface area (Å²) in [4.78, 5) is 8.45. The van der Waals surface area contributed by atoms with Gasteiger partial charge in [-0.25, -0.2) is 9.97 Å². The molecule has 0 spiro atoms. The molecule has 1 rings (SSSR count). The first-order chi connectivity index (χ1) is 7.15. The molecule has 0 radical (unpaired) electrons. The Morgan fingerprint density at radius 1 is 1.53 bits per heavy atom. The van der Waals surface area contributed by atoms with Gasteiger partial charge in [-0.1, -0.05) is 25.4 Å². The second-order valence-electron chi connectivity index (χ2n) is 3.27. The number of anilines is 1. The fourth-order valence-electron chi connectivity index (χ4n) is 1.05. The summed E-state index contributed by atoms with van der Waals surface area (Å²) >= 11 is 7.70. The van der Waals surface area contributed by atoms with Crippen molar-refractivity contribution >= 4 is 29.2 Å². The summed E-state index contributed by atoms with van der Waals surface area (Å²) in [5.41, 5.74) is 0. The number of nitrogens with zero attached hydrogens (tertiary/aromatic N) is 2. The van der Waals surface area contributed by atoms with Crippen molar-refractivity contribution in [1.82, 2.24) is 9.97 Å². The molecular weight excluding hydrogens is 230 g/mol. The van der Waals surface area contributed by atoms with Crippen LogP contribution in [0.1, 0.15) is 19.7 Å². The number of hydrogen-bond donors (Lipinski definition) is 1. The monoisotopic (exact) mass is 245 g/mol. The van der Waals surface area contributed by atoms with Crippen molar-refractivity contribution in [2.75, 3.05) is 18.1 Å². The van der Waals surface area contributed by atoms with E-state index in [2.05, 4.69) is 28.5 Å². The molecule has 0 aliphatic heterocycles. The Balaban J connectivity index is 2.64. The largest absolute Gasteiger partial charge is 0.369 e. The molecule has 1 N–H and O–H groups in total. The zero-order valence-electron chi connectivity index (χ0n) is 9.25. The Morgan fingerprint density at radius 2 is 2.27 bits per heavy atom. The van der Waals surface area contributed by atoms with Crippen molar-refractivity contribution < 1.29 is 0 Å². The predicted molar refractivity (Wildman–Crippen MR) is 67.9 cm³/mol. The van der Waals surface area contributed by atoms with Crippen LogP contribution in [0, 0.1) is 0 Å². The molecule has 1 atom stereocenters. The number of hydrogen-bond acceptors (Lipinski definition) is 4. The highest BCUT2D eigenvalue weighted by Crippen LogP contribution is 2.13. The molecule has 5 heteroatoms. The molecule has 0 bridgehead atoms. The summed E-state index contributed by atoms with van der Waals surface area (Å²) in [6.45, 7) is 5.07. The third kappa shape index (κ3) is 4.26. The summed E-state index contributed by atoms with van der Waals surface area (Å²) in [5, 5.41) is 4.31. The molecule has 0 amide bonds. The smallest absolute Gasteiger partial charge is 0.134 e. The van der Waals surface area contributed by atoms with Crippen LogP contribution in [0.2, 0.25) is 5.15 Å². The van der Waals surface area contributed by atoms with Crippen molar-refractivity contribution in [1.29, 1.82) is 0 Å². The van der Waals surface area contributed by atoms with Gasteiger partial charge in [-0.3, -0.25) is 0 Å². The minimum Gasteiger partial charge on any atom is -0.369 e. The van der Waals surface area contributed by atoms with Crippen LogP contribution < -0.4 is 5.32 Å². The highest BCUT2D eigenvalue weighted by molar-refractivity contribution is 7.99. The predicted octanol–water partition coefficient (Wildman–Crippen LogP) is 2.86. The van der Waals surface area contributed by atoms with Gasteiger partial charge in [0.2, 0.25) is 0 Å². The van der Waals surface area contributed by atoms with Crippen molar-refractivity contribution in [2.45, 2.75) is 25.5 Å². The highest BCUT2D eigenvalue weighted by Gasteiger charge is 2.03. The molecule has 0 aliphatic rings. The topological polar surface area (TPSA) is 37.8 Å². The molecule has 1 heterocycles. The van der Waals surface area contributed by atoms with Gasteiger partial charge in [0.05, 0.1) is 0 Å². The molecule has 1 unspecified atom stereocenters. The molecule has 1 aromatic rings. The van der Waals surface area contributed by atoms with Gasteiger partial charge in [0.25, 0.3) is 0 Å². The van der Waals surface area contributed by atoms with Gasteiger partial charge in [0.15, 0.2) is 0 Å². The molecular formula is C10H16ClN3S. The maximum absolute atomic E-state index is 5.88. The van der Waals surface area contributed by atoms with Crippen LogP contribution in [0.15, 0.2) is 6.07 Å². The summed E-state index contributed by atoms with van der Waals surface area (Å²) in [6.07, 6.45) is 2.89. The maximum Gasteiger partial charge on any atom is 0.134 e. The number of rotatable bonds is 5. The van der Waals surface area contributed by atoms with E-state index in [0.717, 1.165) is 24.6 Å². The molecule has 0 saturated carbocycles. The van der Waals surface area contributed by atoms with E-state index in [1.54, 1.807) is 6.07 Å². The van der Waals surface area contributed by atoms with E-state index in [4.69, 9.17) is 11.6 Å². The van der Waals surface area contributed by atoms with Crippen LogP contribution in [-0.4, -0.2) is 28.0 Å². The van der Waals surface area contributed by atoms with Gasteiger partial charge in [0.1, 0.15) is 16.8 Å². The average Bonchev–Trinajstić information content (AvgIpc) is 2.25. The summed E-state index contributed by atoms with van der Waals surface area (Å²) in [7, 11) is 0. The second-order valence-corrected chi connectivity index (χ2v) is 4.94. The van der Waals surface area contributed by atoms with Gasteiger partial charge >= 0.3 is 0 Å². The van der Waals surface area contributed by atoms with E-state index < -0.39 is 0 Å². The van der Waals surface area contributed by atoms with E-state index >= 15 is 0 Å². The molecule has 84 valence electrons. The Bertz CT molecular complexity index is 320. The Kier molecular flexibility index (Phi) is 5.19. The zero-order chi connectivity index (χ0) is 11.3. The van der Waals surface area contributed by atoms with E-state index in [-0.39, 0.29) is 0 Å². The summed E-state index contributed by atoms with van der Waals surface area (Å²) in [5.74, 6) is 1.59. The third-order valence-electron chi connectivity index (χ3n) is 2.03. The maximum atomic E-state index is 5.88. The van der Waals surface area contributed by atoms with E-state index in [9.17, 15) is 0 Å². The van der Waals surface area contributed by atoms with Crippen molar-refractivity contribution in [3.63, 3.8) is 0 Å². The lowest BCUT2D eigenvalue weighted by atomic mass is 10.4. The minimum absolute atomic E-state index is 0.501. The van der Waals surface area contributed by atoms with Crippen molar-refractivity contribution in [3.05, 3.63) is 17.0 Å². The number of aryl methyl sites for hydroxylation is 1. The quantitative estimate of drug-likeness (QED) is 0.810. The molecule has 0 aliphatic carbocycles. The van der Waals surface area contributed by atoms with Gasteiger partial charge in [-0.15, -0.1) is 0 Å². The van der Waals surface area contributed by atoms with Gasteiger partial charge < -0.3 is 5.32 Å². The van der Waals surface area contributed by atoms with Gasteiger partial charge in [0, 0.05) is 24.3 Å². The van der Waals surface area contributed by atoms with Crippen LogP contribution in [-0.2, 0) is 6.42 Å². The van der Waals surface area contributed by atoms with E-state index in [0.29, 0.717) is 10.4 Å². The van der Waals surface area contributed by atoms with Gasteiger partial charge in [-0.2, -0.15) is 11.8 Å². The number of thioether (sulfide) groups is 1. The lowest BCUT2D eigenvalue weighted by Crippen LogP contribution is -2.14. The van der Waals surface area contributed by atoms with Crippen LogP contribution in [0.3, 0.4) is 0 Å². The average molecular weight is 246 g/mol. The first kappa shape index (κ1) is 12.6. The molecule has 3 nitrogen and oxygen atoms in total.